The summed E-state index contributed by atoms with van der Waals surface area (Å²) in [6.07, 6.45) is 0. The van der Waals surface area contributed by atoms with Crippen LogP contribution in [0.4, 0.5) is 0 Å². The van der Waals surface area contributed by atoms with E-state index in [9.17, 15) is 9.59 Å². The van der Waals surface area contributed by atoms with Crippen molar-refractivity contribution >= 4 is 5.91 Å². The quantitative estimate of drug-likeness (QED) is 0.415. The minimum absolute atomic E-state index is 0.127. The number of ether oxygens (including phenoxy) is 2. The van der Waals surface area contributed by atoms with Gasteiger partial charge in [0, 0.05) is 23.7 Å². The molecule has 7 nitrogen and oxygen atoms in total. The van der Waals surface area contributed by atoms with Gasteiger partial charge in [-0.05, 0) is 42.0 Å². The van der Waals surface area contributed by atoms with Crippen LogP contribution in [0.2, 0.25) is 0 Å². The zero-order chi connectivity index (χ0) is 23.8. The van der Waals surface area contributed by atoms with E-state index in [1.165, 1.54) is 10.7 Å². The van der Waals surface area contributed by atoms with Crippen molar-refractivity contribution in [2.45, 2.75) is 6.54 Å². The molecule has 1 N–H and O–H groups in total. The maximum atomic E-state index is 12.3. The molecule has 0 radical (unpaired) electrons. The van der Waals surface area contributed by atoms with E-state index in [0.29, 0.717) is 11.4 Å². The number of carbonyl (C=O) groups is 1. The molecule has 7 heteroatoms. The molecular weight excluding hydrogens is 430 g/mol. The lowest BCUT2D eigenvalue weighted by Gasteiger charge is -2.12. The molecule has 1 amide bonds. The Morgan fingerprint density at radius 2 is 1.62 bits per heavy atom. The van der Waals surface area contributed by atoms with Crippen LogP contribution >= 0.6 is 0 Å². The summed E-state index contributed by atoms with van der Waals surface area (Å²) in [5.41, 5.74) is 3.22. The van der Waals surface area contributed by atoms with Gasteiger partial charge in [0.25, 0.3) is 11.5 Å². The maximum absolute atomic E-state index is 12.3. The molecule has 4 rings (SSSR count). The van der Waals surface area contributed by atoms with Crippen LogP contribution in [-0.2, 0) is 11.3 Å². The SMILES string of the molecule is COc1ccc(-c2ccc(=O)n(CCNC(=O)COc3ccccc3-c3ccccc3)n2)cc1. The molecule has 0 fully saturated rings. The predicted octanol–water partition coefficient (Wildman–Crippen LogP) is 3.78. The van der Waals surface area contributed by atoms with Crippen LogP contribution in [0.25, 0.3) is 22.4 Å². The fourth-order valence-electron chi connectivity index (χ4n) is 3.47. The molecule has 0 bridgehead atoms. The molecule has 0 aliphatic rings. The van der Waals surface area contributed by atoms with Crippen molar-refractivity contribution < 1.29 is 14.3 Å². The largest absolute Gasteiger partial charge is 0.497 e. The Morgan fingerprint density at radius 1 is 0.882 bits per heavy atom. The number of aromatic nitrogens is 2. The second kappa shape index (κ2) is 11.0. The first-order chi connectivity index (χ1) is 16.6. The molecule has 0 spiro atoms. The fourth-order valence-corrected chi connectivity index (χ4v) is 3.47. The summed E-state index contributed by atoms with van der Waals surface area (Å²) in [6, 6.07) is 28.0. The average molecular weight is 456 g/mol. The van der Waals surface area contributed by atoms with Gasteiger partial charge in [-0.25, -0.2) is 4.68 Å². The highest BCUT2D eigenvalue weighted by Gasteiger charge is 2.09. The van der Waals surface area contributed by atoms with Crippen LogP contribution in [0, 0.1) is 0 Å². The molecule has 4 aromatic rings. The third-order valence-corrected chi connectivity index (χ3v) is 5.23. The summed E-state index contributed by atoms with van der Waals surface area (Å²) in [5.74, 6) is 1.10. The van der Waals surface area contributed by atoms with Crippen LogP contribution in [0.1, 0.15) is 0 Å². The molecule has 0 atom stereocenters. The number of hydrogen-bond donors (Lipinski definition) is 1. The molecule has 3 aromatic carbocycles. The van der Waals surface area contributed by atoms with Crippen molar-refractivity contribution in [3.8, 4) is 33.9 Å². The Morgan fingerprint density at radius 3 is 2.38 bits per heavy atom. The van der Waals surface area contributed by atoms with Crippen molar-refractivity contribution in [3.63, 3.8) is 0 Å². The second-order valence-electron chi connectivity index (χ2n) is 7.51. The molecule has 0 aliphatic carbocycles. The van der Waals surface area contributed by atoms with Gasteiger partial charge in [-0.3, -0.25) is 9.59 Å². The number of rotatable bonds is 9. The third kappa shape index (κ3) is 5.69. The minimum Gasteiger partial charge on any atom is -0.497 e. The second-order valence-corrected chi connectivity index (χ2v) is 7.51. The third-order valence-electron chi connectivity index (χ3n) is 5.23. The number of methoxy groups -OCH3 is 1. The lowest BCUT2D eigenvalue weighted by atomic mass is 10.1. The van der Waals surface area contributed by atoms with Crippen molar-refractivity contribution in [3.05, 3.63) is 101 Å². The zero-order valence-corrected chi connectivity index (χ0v) is 18.8. The molecule has 0 saturated heterocycles. The Balaban J connectivity index is 1.33. The standard InChI is InChI=1S/C27H25N3O4/c1-33-22-13-11-21(12-14-22)24-15-16-27(32)30(29-24)18-17-28-26(31)19-34-25-10-6-5-9-23(25)20-7-3-2-4-8-20/h2-16H,17-19H2,1H3,(H,28,31). The lowest BCUT2D eigenvalue weighted by molar-refractivity contribution is -0.123. The summed E-state index contributed by atoms with van der Waals surface area (Å²) in [4.78, 5) is 24.5. The van der Waals surface area contributed by atoms with E-state index < -0.39 is 0 Å². The van der Waals surface area contributed by atoms with Crippen molar-refractivity contribution in [2.75, 3.05) is 20.3 Å². The number of amides is 1. The van der Waals surface area contributed by atoms with E-state index in [1.807, 2.05) is 78.9 Å². The number of nitrogens with zero attached hydrogens (tertiary/aromatic N) is 2. The molecule has 0 saturated carbocycles. The van der Waals surface area contributed by atoms with Crippen LogP contribution in [-0.4, -0.2) is 35.9 Å². The van der Waals surface area contributed by atoms with E-state index in [0.717, 1.165) is 22.4 Å². The number of nitrogens with one attached hydrogen (secondary N) is 1. The highest BCUT2D eigenvalue weighted by molar-refractivity contribution is 5.78. The molecule has 172 valence electrons. The molecule has 34 heavy (non-hydrogen) atoms. The lowest BCUT2D eigenvalue weighted by Crippen LogP contribution is -2.34. The van der Waals surface area contributed by atoms with Gasteiger partial charge in [-0.1, -0.05) is 48.5 Å². The monoisotopic (exact) mass is 455 g/mol. The van der Waals surface area contributed by atoms with Crippen LogP contribution in [0.15, 0.2) is 95.8 Å². The Bertz CT molecular complexity index is 1300. The van der Waals surface area contributed by atoms with Crippen molar-refractivity contribution in [1.82, 2.24) is 15.1 Å². The van der Waals surface area contributed by atoms with Gasteiger partial charge >= 0.3 is 0 Å². The first-order valence-electron chi connectivity index (χ1n) is 10.9. The van der Waals surface area contributed by atoms with E-state index in [2.05, 4.69) is 10.4 Å². The minimum atomic E-state index is -0.276. The van der Waals surface area contributed by atoms with Crippen molar-refractivity contribution in [1.29, 1.82) is 0 Å². The normalized spacial score (nSPS) is 10.5. The van der Waals surface area contributed by atoms with E-state index in [-0.39, 0.29) is 31.2 Å². The Kier molecular flexibility index (Phi) is 7.35. The summed E-state index contributed by atoms with van der Waals surface area (Å²) in [5, 5.41) is 7.20. The van der Waals surface area contributed by atoms with Gasteiger partial charge in [0.1, 0.15) is 11.5 Å². The number of carbonyl (C=O) groups excluding carboxylic acids is 1. The summed E-state index contributed by atoms with van der Waals surface area (Å²) < 4.78 is 12.3. The zero-order valence-electron chi connectivity index (χ0n) is 18.8. The van der Waals surface area contributed by atoms with Gasteiger partial charge in [0.2, 0.25) is 0 Å². The highest BCUT2D eigenvalue weighted by atomic mass is 16.5. The topological polar surface area (TPSA) is 82.5 Å². The van der Waals surface area contributed by atoms with E-state index in [4.69, 9.17) is 9.47 Å². The molecule has 1 heterocycles. The number of para-hydroxylation sites is 1. The number of hydrogen-bond acceptors (Lipinski definition) is 5. The fraction of sp³-hybridized carbons (Fsp3) is 0.148. The first-order valence-corrected chi connectivity index (χ1v) is 10.9. The molecule has 0 unspecified atom stereocenters. The van der Waals surface area contributed by atoms with Gasteiger partial charge in [0.05, 0.1) is 19.3 Å². The van der Waals surface area contributed by atoms with E-state index in [1.54, 1.807) is 13.2 Å². The first kappa shape index (κ1) is 22.8. The predicted molar refractivity (Wildman–Crippen MR) is 131 cm³/mol. The van der Waals surface area contributed by atoms with E-state index >= 15 is 0 Å². The average Bonchev–Trinajstić information content (AvgIpc) is 2.89. The van der Waals surface area contributed by atoms with Crippen molar-refractivity contribution in [2.24, 2.45) is 0 Å². The van der Waals surface area contributed by atoms with Gasteiger partial charge in [0.15, 0.2) is 6.61 Å². The highest BCUT2D eigenvalue weighted by Crippen LogP contribution is 2.29. The van der Waals surface area contributed by atoms with Crippen LogP contribution in [0.3, 0.4) is 0 Å². The van der Waals surface area contributed by atoms with Crippen LogP contribution < -0.4 is 20.3 Å². The summed E-state index contributed by atoms with van der Waals surface area (Å²) in [6.45, 7) is 0.370. The number of benzene rings is 3. The maximum Gasteiger partial charge on any atom is 0.266 e. The van der Waals surface area contributed by atoms with Gasteiger partial charge in [-0.15, -0.1) is 0 Å². The Hall–Kier alpha value is -4.39. The van der Waals surface area contributed by atoms with Gasteiger partial charge in [-0.2, -0.15) is 5.10 Å². The molecular formula is C27H25N3O4. The molecule has 1 aromatic heterocycles. The smallest absolute Gasteiger partial charge is 0.266 e. The van der Waals surface area contributed by atoms with Crippen LogP contribution in [0.5, 0.6) is 11.5 Å². The summed E-state index contributed by atoms with van der Waals surface area (Å²) in [7, 11) is 1.61. The van der Waals surface area contributed by atoms with Gasteiger partial charge < -0.3 is 14.8 Å². The summed E-state index contributed by atoms with van der Waals surface area (Å²) >= 11 is 0. The molecule has 0 aliphatic heterocycles. The Labute approximate surface area is 197 Å².